The number of nitrogens with one attached hydrogen (secondary N) is 1. The van der Waals surface area contributed by atoms with Crippen LogP contribution in [0.5, 0.6) is 5.75 Å². The molecule has 150 valence electrons. The lowest BCUT2D eigenvalue weighted by atomic mass is 9.78. The Hall–Kier alpha value is -2.57. The zero-order chi connectivity index (χ0) is 20.4. The first kappa shape index (κ1) is 22.5. The lowest BCUT2D eigenvalue weighted by molar-refractivity contribution is -0.125. The molecule has 0 spiro atoms. The van der Waals surface area contributed by atoms with Gasteiger partial charge in [-0.05, 0) is 42.5 Å². The largest absolute Gasteiger partial charge is 0.508 e. The summed E-state index contributed by atoms with van der Waals surface area (Å²) in [5.74, 6) is 0.275. The molecule has 2 amide bonds. The Bertz CT molecular complexity index is 615. The van der Waals surface area contributed by atoms with Crippen molar-refractivity contribution in [1.82, 2.24) is 10.2 Å². The highest BCUT2D eigenvalue weighted by atomic mass is 16.5. The topological polar surface area (TPSA) is 95.9 Å². The average molecular weight is 378 g/mol. The van der Waals surface area contributed by atoms with Gasteiger partial charge in [0.25, 0.3) is 5.91 Å². The van der Waals surface area contributed by atoms with Crippen LogP contribution in [0.1, 0.15) is 43.5 Å². The fourth-order valence-corrected chi connectivity index (χ4v) is 2.85. The van der Waals surface area contributed by atoms with Gasteiger partial charge in [0.05, 0.1) is 5.56 Å². The van der Waals surface area contributed by atoms with Gasteiger partial charge in [-0.25, -0.2) is 4.79 Å². The molecule has 1 aromatic carbocycles. The van der Waals surface area contributed by atoms with Gasteiger partial charge >= 0.3 is 5.97 Å². The number of esters is 1. The Morgan fingerprint density at radius 1 is 1.22 bits per heavy atom. The predicted molar refractivity (Wildman–Crippen MR) is 102 cm³/mol. The van der Waals surface area contributed by atoms with E-state index in [1.807, 2.05) is 0 Å². The van der Waals surface area contributed by atoms with Crippen molar-refractivity contribution in [3.8, 4) is 5.75 Å². The fraction of sp³-hybridized carbons (Fsp3) is 0.550. The fourth-order valence-electron chi connectivity index (χ4n) is 2.85. The molecule has 0 heterocycles. The molecule has 0 aromatic heterocycles. The maximum Gasteiger partial charge on any atom is 0.338 e. The van der Waals surface area contributed by atoms with Crippen molar-refractivity contribution in [1.29, 1.82) is 0 Å². The molecule has 7 nitrogen and oxygen atoms in total. The Balaban J connectivity index is 0.000000646. The summed E-state index contributed by atoms with van der Waals surface area (Å²) in [6, 6.07) is 5.88. The van der Waals surface area contributed by atoms with E-state index in [-0.39, 0.29) is 24.3 Å². The van der Waals surface area contributed by atoms with Crippen LogP contribution >= 0.6 is 0 Å². The van der Waals surface area contributed by atoms with E-state index in [4.69, 9.17) is 9.84 Å². The van der Waals surface area contributed by atoms with Gasteiger partial charge in [0.2, 0.25) is 6.41 Å². The number of amides is 2. The number of carbonyl (C=O) groups is 3. The molecule has 1 aromatic rings. The summed E-state index contributed by atoms with van der Waals surface area (Å²) in [6.07, 6.45) is 4.04. The van der Waals surface area contributed by atoms with Crippen molar-refractivity contribution in [2.24, 2.45) is 11.8 Å². The molecule has 1 fully saturated rings. The lowest BCUT2D eigenvalue weighted by Gasteiger charge is -2.34. The molecular weight excluding hydrogens is 348 g/mol. The molecular formula is C20H30N2O5. The number of nitrogens with zero attached hydrogens (tertiary/aromatic N) is 1. The monoisotopic (exact) mass is 378 g/mol. The highest BCUT2D eigenvalue weighted by Gasteiger charge is 2.28. The normalized spacial score (nSPS) is 21.3. The van der Waals surface area contributed by atoms with E-state index in [0.717, 1.165) is 19.3 Å². The molecule has 3 unspecified atom stereocenters. The molecule has 0 aliphatic heterocycles. The third-order valence-electron chi connectivity index (χ3n) is 4.70. The summed E-state index contributed by atoms with van der Waals surface area (Å²) in [7, 11) is 3.38. The molecule has 0 bridgehead atoms. The van der Waals surface area contributed by atoms with E-state index < -0.39 is 5.97 Å². The summed E-state index contributed by atoms with van der Waals surface area (Å²) in [5.41, 5.74) is 0.310. The van der Waals surface area contributed by atoms with Gasteiger partial charge in [-0.3, -0.25) is 9.59 Å². The number of aromatic hydroxyl groups is 1. The average Bonchev–Trinajstić information content (AvgIpc) is 2.64. The summed E-state index contributed by atoms with van der Waals surface area (Å²) < 4.78 is 5.00. The van der Waals surface area contributed by atoms with Crippen molar-refractivity contribution in [2.45, 2.75) is 39.2 Å². The molecule has 7 heteroatoms. The van der Waals surface area contributed by atoms with Crippen molar-refractivity contribution >= 4 is 18.3 Å². The number of carbonyl (C=O) groups excluding carboxylic acids is 3. The van der Waals surface area contributed by atoms with Crippen LogP contribution in [0.25, 0.3) is 0 Å². The highest BCUT2D eigenvalue weighted by Crippen LogP contribution is 2.29. The number of ether oxygens (including phenoxy) is 1. The molecule has 0 radical (unpaired) electrons. The highest BCUT2D eigenvalue weighted by molar-refractivity contribution is 5.91. The van der Waals surface area contributed by atoms with Gasteiger partial charge in [0, 0.05) is 20.1 Å². The molecule has 0 saturated heterocycles. The van der Waals surface area contributed by atoms with Crippen molar-refractivity contribution in [3.05, 3.63) is 29.8 Å². The Morgan fingerprint density at radius 3 is 2.37 bits per heavy atom. The van der Waals surface area contributed by atoms with Crippen LogP contribution < -0.4 is 5.32 Å². The van der Waals surface area contributed by atoms with E-state index in [0.29, 0.717) is 17.4 Å². The second-order valence-electron chi connectivity index (χ2n) is 7.13. The van der Waals surface area contributed by atoms with Gasteiger partial charge in [0.1, 0.15) is 5.75 Å². The van der Waals surface area contributed by atoms with Crippen molar-refractivity contribution < 1.29 is 24.2 Å². The second-order valence-corrected chi connectivity index (χ2v) is 7.13. The molecule has 27 heavy (non-hydrogen) atoms. The van der Waals surface area contributed by atoms with Crippen LogP contribution in [-0.2, 0) is 14.3 Å². The first-order chi connectivity index (χ1) is 12.7. The Labute approximate surface area is 160 Å². The van der Waals surface area contributed by atoms with Gasteiger partial charge in [-0.15, -0.1) is 0 Å². The molecule has 3 atom stereocenters. The van der Waals surface area contributed by atoms with E-state index in [1.165, 1.54) is 35.6 Å². The van der Waals surface area contributed by atoms with Crippen molar-refractivity contribution in [2.75, 3.05) is 20.7 Å². The van der Waals surface area contributed by atoms with Crippen LogP contribution in [0.4, 0.5) is 0 Å². The summed E-state index contributed by atoms with van der Waals surface area (Å²) in [4.78, 5) is 34.6. The smallest absolute Gasteiger partial charge is 0.338 e. The van der Waals surface area contributed by atoms with Crippen LogP contribution in [0, 0.1) is 11.8 Å². The number of hydrogen-bond acceptors (Lipinski definition) is 5. The van der Waals surface area contributed by atoms with E-state index in [1.54, 1.807) is 14.1 Å². The summed E-state index contributed by atoms with van der Waals surface area (Å²) >= 11 is 0. The second kappa shape index (κ2) is 11.2. The van der Waals surface area contributed by atoms with Gasteiger partial charge in [-0.2, -0.15) is 0 Å². The summed E-state index contributed by atoms with van der Waals surface area (Å²) in [5, 5.41) is 12.1. The number of phenolic OH excluding ortho intramolecular Hbond substituents is 1. The first-order valence-corrected chi connectivity index (χ1v) is 9.11. The van der Waals surface area contributed by atoms with Crippen molar-refractivity contribution in [3.63, 3.8) is 0 Å². The lowest BCUT2D eigenvalue weighted by Crippen LogP contribution is -2.45. The van der Waals surface area contributed by atoms with E-state index in [2.05, 4.69) is 19.2 Å². The van der Waals surface area contributed by atoms with E-state index in [9.17, 15) is 14.4 Å². The standard InChI is InChI=1S/C17H23NO4.C3H7NO/c1-11-4-3-5-15(12(11)2)18-16(20)10-22-17(21)13-6-8-14(19)9-7-13;1-4(2)3-5/h6-9,11-12,15,19H,3-5,10H2,1-2H3,(H,18,20);3H,1-2H3. The van der Waals surface area contributed by atoms with Crippen LogP contribution in [0.15, 0.2) is 24.3 Å². The van der Waals surface area contributed by atoms with Crippen LogP contribution in [0.2, 0.25) is 0 Å². The third-order valence-corrected chi connectivity index (χ3v) is 4.70. The third kappa shape index (κ3) is 8.11. The molecule has 2 rings (SSSR count). The number of benzene rings is 1. The van der Waals surface area contributed by atoms with E-state index >= 15 is 0 Å². The minimum absolute atomic E-state index is 0.0784. The number of rotatable bonds is 5. The molecule has 2 N–H and O–H groups in total. The Morgan fingerprint density at radius 2 is 1.81 bits per heavy atom. The minimum Gasteiger partial charge on any atom is -0.508 e. The zero-order valence-corrected chi connectivity index (χ0v) is 16.5. The van der Waals surface area contributed by atoms with Crippen LogP contribution in [-0.4, -0.2) is 55.0 Å². The molecule has 1 aliphatic rings. The number of hydrogen-bond donors (Lipinski definition) is 2. The SMILES string of the molecule is CC1CCCC(NC(=O)COC(=O)c2ccc(O)cc2)C1C.CN(C)C=O. The maximum absolute atomic E-state index is 11.9. The Kier molecular flexibility index (Phi) is 9.33. The van der Waals surface area contributed by atoms with Gasteiger partial charge < -0.3 is 20.1 Å². The minimum atomic E-state index is -0.569. The maximum atomic E-state index is 11.9. The predicted octanol–water partition coefficient (Wildman–Crippen LogP) is 2.19. The molecule has 1 aliphatic carbocycles. The van der Waals surface area contributed by atoms with Gasteiger partial charge in [0.15, 0.2) is 6.61 Å². The number of phenols is 1. The van der Waals surface area contributed by atoms with Crippen LogP contribution in [0.3, 0.4) is 0 Å². The van der Waals surface area contributed by atoms with Gasteiger partial charge in [-0.1, -0.05) is 26.7 Å². The quantitative estimate of drug-likeness (QED) is 0.605. The summed E-state index contributed by atoms with van der Waals surface area (Å²) in [6.45, 7) is 4.07. The zero-order valence-electron chi connectivity index (χ0n) is 16.5. The first-order valence-electron chi connectivity index (χ1n) is 9.11. The molecule has 1 saturated carbocycles.